The number of nitrogens with zero attached hydrogens (tertiary/aromatic N) is 1. The first-order chi connectivity index (χ1) is 8.60. The molecule has 1 saturated heterocycles. The van der Waals surface area contributed by atoms with Gasteiger partial charge in [0, 0.05) is 25.3 Å². The Balaban J connectivity index is 2.17. The molecule has 2 unspecified atom stereocenters. The second-order valence-electron chi connectivity index (χ2n) is 5.54. The van der Waals surface area contributed by atoms with Crippen LogP contribution in [0.15, 0.2) is 18.2 Å². The highest BCUT2D eigenvalue weighted by molar-refractivity contribution is 5.49. The van der Waals surface area contributed by atoms with Crippen LogP contribution in [0.5, 0.6) is 0 Å². The van der Waals surface area contributed by atoms with Crippen LogP contribution in [0.25, 0.3) is 0 Å². The van der Waals surface area contributed by atoms with Gasteiger partial charge >= 0.3 is 0 Å². The molecule has 2 atom stereocenters. The van der Waals surface area contributed by atoms with Crippen molar-refractivity contribution in [3.8, 4) is 0 Å². The summed E-state index contributed by atoms with van der Waals surface area (Å²) in [6, 6.07) is 5.36. The van der Waals surface area contributed by atoms with Gasteiger partial charge in [-0.05, 0) is 49.1 Å². The maximum absolute atomic E-state index is 13.6. The van der Waals surface area contributed by atoms with E-state index in [1.807, 2.05) is 7.05 Å². The van der Waals surface area contributed by atoms with Crippen molar-refractivity contribution in [2.24, 2.45) is 11.8 Å². The van der Waals surface area contributed by atoms with Crippen molar-refractivity contribution in [2.75, 3.05) is 25.0 Å². The summed E-state index contributed by atoms with van der Waals surface area (Å²) in [5.74, 6) is 1.31. The second-order valence-corrected chi connectivity index (χ2v) is 5.54. The van der Waals surface area contributed by atoms with Gasteiger partial charge in [0.25, 0.3) is 0 Å². The highest BCUT2D eigenvalue weighted by atomic mass is 19.1. The number of piperidine rings is 1. The normalized spacial score (nSPS) is 24.3. The van der Waals surface area contributed by atoms with Gasteiger partial charge in [-0.15, -0.1) is 0 Å². The summed E-state index contributed by atoms with van der Waals surface area (Å²) in [6.45, 7) is 7.37. The number of rotatable bonds is 3. The summed E-state index contributed by atoms with van der Waals surface area (Å²) in [4.78, 5) is 2.31. The van der Waals surface area contributed by atoms with Crippen molar-refractivity contribution in [3.05, 3.63) is 29.6 Å². The van der Waals surface area contributed by atoms with Gasteiger partial charge in [0.15, 0.2) is 0 Å². The molecule has 0 saturated carbocycles. The predicted octanol–water partition coefficient (Wildman–Crippen LogP) is 3.03. The number of hydrogen-bond acceptors (Lipinski definition) is 2. The summed E-state index contributed by atoms with van der Waals surface area (Å²) in [6.07, 6.45) is 1.19. The molecule has 0 spiro atoms. The lowest BCUT2D eigenvalue weighted by Crippen LogP contribution is -2.38. The van der Waals surface area contributed by atoms with Crippen molar-refractivity contribution in [3.63, 3.8) is 0 Å². The quantitative estimate of drug-likeness (QED) is 0.887. The fourth-order valence-electron chi connectivity index (χ4n) is 2.62. The molecular formula is C15H23FN2. The molecule has 1 aromatic rings. The lowest BCUT2D eigenvalue weighted by atomic mass is 9.88. The van der Waals surface area contributed by atoms with Gasteiger partial charge in [0.2, 0.25) is 0 Å². The van der Waals surface area contributed by atoms with Gasteiger partial charge in [0.1, 0.15) is 5.82 Å². The van der Waals surface area contributed by atoms with Gasteiger partial charge in [-0.25, -0.2) is 4.39 Å². The second kappa shape index (κ2) is 5.70. The third-order valence-corrected chi connectivity index (χ3v) is 4.02. The maximum atomic E-state index is 13.6. The van der Waals surface area contributed by atoms with Crippen LogP contribution in [-0.4, -0.2) is 20.1 Å². The van der Waals surface area contributed by atoms with Crippen LogP contribution < -0.4 is 10.2 Å². The maximum Gasteiger partial charge on any atom is 0.125 e. The Bertz CT molecular complexity index is 405. The summed E-state index contributed by atoms with van der Waals surface area (Å²) in [5, 5.41) is 3.07. The molecule has 2 rings (SSSR count). The molecule has 0 aromatic heterocycles. The molecule has 1 N–H and O–H groups in total. The molecule has 1 fully saturated rings. The van der Waals surface area contributed by atoms with Crippen molar-refractivity contribution in [1.82, 2.24) is 5.32 Å². The molecule has 1 aliphatic rings. The van der Waals surface area contributed by atoms with E-state index in [1.54, 1.807) is 12.1 Å². The third-order valence-electron chi connectivity index (χ3n) is 4.02. The molecule has 3 heteroatoms. The van der Waals surface area contributed by atoms with Crippen LogP contribution in [0, 0.1) is 17.7 Å². The zero-order valence-electron chi connectivity index (χ0n) is 11.5. The minimum atomic E-state index is -0.135. The van der Waals surface area contributed by atoms with Crippen molar-refractivity contribution in [1.29, 1.82) is 0 Å². The minimum Gasteiger partial charge on any atom is -0.371 e. The van der Waals surface area contributed by atoms with E-state index in [2.05, 4.69) is 30.1 Å². The molecule has 1 aromatic carbocycles. The fourth-order valence-corrected chi connectivity index (χ4v) is 2.62. The van der Waals surface area contributed by atoms with E-state index in [4.69, 9.17) is 0 Å². The first kappa shape index (κ1) is 13.3. The number of hydrogen-bond donors (Lipinski definition) is 1. The van der Waals surface area contributed by atoms with E-state index in [-0.39, 0.29) is 5.82 Å². The molecule has 1 heterocycles. The number of benzene rings is 1. The Labute approximate surface area is 109 Å². The van der Waals surface area contributed by atoms with Crippen LogP contribution in [0.2, 0.25) is 0 Å². The summed E-state index contributed by atoms with van der Waals surface area (Å²) < 4.78 is 13.6. The highest BCUT2D eigenvalue weighted by Gasteiger charge is 2.23. The predicted molar refractivity (Wildman–Crippen MR) is 74.3 cm³/mol. The van der Waals surface area contributed by atoms with E-state index in [1.165, 1.54) is 6.42 Å². The van der Waals surface area contributed by atoms with E-state index < -0.39 is 0 Å². The van der Waals surface area contributed by atoms with Crippen LogP contribution >= 0.6 is 0 Å². The van der Waals surface area contributed by atoms with Crippen LogP contribution in [0.3, 0.4) is 0 Å². The van der Waals surface area contributed by atoms with Gasteiger partial charge in [-0.3, -0.25) is 0 Å². The summed E-state index contributed by atoms with van der Waals surface area (Å²) >= 11 is 0. The lowest BCUT2D eigenvalue weighted by molar-refractivity contribution is 0.324. The minimum absolute atomic E-state index is 0.135. The van der Waals surface area contributed by atoms with Gasteiger partial charge in [-0.2, -0.15) is 0 Å². The first-order valence-corrected chi connectivity index (χ1v) is 6.79. The Morgan fingerprint density at radius 3 is 2.72 bits per heavy atom. The summed E-state index contributed by atoms with van der Waals surface area (Å²) in [5.41, 5.74) is 2.04. The molecule has 100 valence electrons. The zero-order chi connectivity index (χ0) is 13.1. The summed E-state index contributed by atoms with van der Waals surface area (Å²) in [7, 11) is 1.88. The standard InChI is InChI=1S/C15H23FN2/c1-11-4-5-18(10-12(11)2)15-7-13(9-17-3)6-14(16)8-15/h6-8,11-12,17H,4-5,9-10H2,1-3H3. The van der Waals surface area contributed by atoms with Crippen LogP contribution in [-0.2, 0) is 6.54 Å². The Morgan fingerprint density at radius 2 is 2.06 bits per heavy atom. The van der Waals surface area contributed by atoms with E-state index in [0.717, 1.165) is 30.3 Å². The largest absolute Gasteiger partial charge is 0.371 e. The SMILES string of the molecule is CNCc1cc(F)cc(N2CCC(C)C(C)C2)c1. The molecular weight excluding hydrogens is 227 g/mol. The van der Waals surface area contributed by atoms with Gasteiger partial charge < -0.3 is 10.2 Å². The van der Waals surface area contributed by atoms with E-state index in [0.29, 0.717) is 12.5 Å². The average molecular weight is 250 g/mol. The first-order valence-electron chi connectivity index (χ1n) is 6.79. The van der Waals surface area contributed by atoms with Gasteiger partial charge in [-0.1, -0.05) is 13.8 Å². The Morgan fingerprint density at radius 1 is 1.28 bits per heavy atom. The van der Waals surface area contributed by atoms with Crippen molar-refractivity contribution in [2.45, 2.75) is 26.8 Å². The molecule has 1 aliphatic heterocycles. The molecule has 2 nitrogen and oxygen atoms in total. The molecule has 0 bridgehead atoms. The smallest absolute Gasteiger partial charge is 0.125 e. The van der Waals surface area contributed by atoms with E-state index >= 15 is 0 Å². The topological polar surface area (TPSA) is 15.3 Å². The molecule has 18 heavy (non-hydrogen) atoms. The van der Waals surface area contributed by atoms with Crippen molar-refractivity contribution >= 4 is 5.69 Å². The Kier molecular flexibility index (Phi) is 4.23. The Hall–Kier alpha value is -1.09. The average Bonchev–Trinajstić information content (AvgIpc) is 2.32. The van der Waals surface area contributed by atoms with Gasteiger partial charge in [0.05, 0.1) is 0 Å². The third kappa shape index (κ3) is 3.02. The molecule has 0 aliphatic carbocycles. The number of nitrogens with one attached hydrogen (secondary N) is 1. The number of anilines is 1. The fraction of sp³-hybridized carbons (Fsp3) is 0.600. The van der Waals surface area contributed by atoms with Crippen LogP contribution in [0.1, 0.15) is 25.8 Å². The van der Waals surface area contributed by atoms with Crippen molar-refractivity contribution < 1.29 is 4.39 Å². The monoisotopic (exact) mass is 250 g/mol. The highest BCUT2D eigenvalue weighted by Crippen LogP contribution is 2.28. The lowest BCUT2D eigenvalue weighted by Gasteiger charge is -2.37. The zero-order valence-corrected chi connectivity index (χ0v) is 11.5. The molecule has 0 radical (unpaired) electrons. The van der Waals surface area contributed by atoms with Crippen LogP contribution in [0.4, 0.5) is 10.1 Å². The molecule has 0 amide bonds. The number of halogens is 1. The van der Waals surface area contributed by atoms with E-state index in [9.17, 15) is 4.39 Å².